The van der Waals surface area contributed by atoms with Crippen LogP contribution in [0, 0.1) is 27.7 Å². The topological polar surface area (TPSA) is 41.4 Å². The average molecular weight is 340 g/mol. The predicted molar refractivity (Wildman–Crippen MR) is 103 cm³/mol. The molecule has 0 saturated heterocycles. The molecule has 1 aliphatic rings. The summed E-state index contributed by atoms with van der Waals surface area (Å²) in [6.45, 7) is 12.6. The van der Waals surface area contributed by atoms with E-state index in [4.69, 9.17) is 4.98 Å². The normalized spacial score (nSPS) is 14.7. The molecule has 0 atom stereocenters. The maximum Gasteiger partial charge on any atom is 0.259 e. The van der Waals surface area contributed by atoms with Crippen LogP contribution in [0.5, 0.6) is 0 Å². The minimum absolute atomic E-state index is 0.0672. The zero-order valence-electron chi connectivity index (χ0n) is 16.0. The van der Waals surface area contributed by atoms with Crippen LogP contribution in [-0.4, -0.2) is 27.7 Å². The number of nitrogens with zero attached hydrogens (tertiary/aromatic N) is 4. The van der Waals surface area contributed by atoms with Crippen LogP contribution >= 0.6 is 0 Å². The molecule has 0 bridgehead atoms. The Hall–Kier alpha value is -2.14. The van der Waals surface area contributed by atoms with Gasteiger partial charge in [0.25, 0.3) is 5.56 Å². The number of benzene rings is 1. The van der Waals surface area contributed by atoms with E-state index in [1.807, 2.05) is 18.4 Å². The summed E-state index contributed by atoms with van der Waals surface area (Å²) in [6, 6.07) is 6.45. The van der Waals surface area contributed by atoms with Crippen LogP contribution in [0.4, 0.5) is 11.6 Å². The van der Waals surface area contributed by atoms with E-state index in [1.165, 1.54) is 11.1 Å². The highest BCUT2D eigenvalue weighted by molar-refractivity contribution is 5.60. The number of hydrogen-bond acceptors (Lipinski definition) is 4. The third-order valence-corrected chi connectivity index (χ3v) is 5.17. The summed E-state index contributed by atoms with van der Waals surface area (Å²) < 4.78 is 1.82. The molecular formula is C20H28N4O. The van der Waals surface area contributed by atoms with Gasteiger partial charge in [0.05, 0.1) is 13.3 Å². The second-order valence-corrected chi connectivity index (χ2v) is 7.08. The highest BCUT2D eigenvalue weighted by Crippen LogP contribution is 2.29. The van der Waals surface area contributed by atoms with E-state index in [0.29, 0.717) is 6.67 Å². The van der Waals surface area contributed by atoms with Gasteiger partial charge in [-0.15, -0.1) is 0 Å². The van der Waals surface area contributed by atoms with Crippen molar-refractivity contribution < 1.29 is 0 Å². The molecule has 1 aromatic carbocycles. The van der Waals surface area contributed by atoms with Crippen LogP contribution in [-0.2, 0) is 6.67 Å². The number of fused-ring (bicyclic) bond motifs is 1. The summed E-state index contributed by atoms with van der Waals surface area (Å²) in [4.78, 5) is 22.1. The predicted octanol–water partition coefficient (Wildman–Crippen LogP) is 3.65. The van der Waals surface area contributed by atoms with Gasteiger partial charge in [0.15, 0.2) is 0 Å². The Bertz CT molecular complexity index is 840. The summed E-state index contributed by atoms with van der Waals surface area (Å²) >= 11 is 0. The molecule has 2 aromatic rings. The standard InChI is InChI=1S/C20H28N4O/c1-6-7-10-22-12-23(18-9-8-14(2)15(3)11-18)20-21-17(5)16(4)19(25)24(20)13-22/h8-9,11H,6-7,10,12-13H2,1-5H3. The molecule has 5 nitrogen and oxygen atoms in total. The first kappa shape index (κ1) is 17.7. The number of unbranched alkanes of at least 4 members (excludes halogenated alkanes) is 1. The van der Waals surface area contributed by atoms with Crippen LogP contribution in [0.2, 0.25) is 0 Å². The Balaban J connectivity index is 2.10. The van der Waals surface area contributed by atoms with Crippen molar-refractivity contribution in [2.75, 3.05) is 18.1 Å². The van der Waals surface area contributed by atoms with Crippen molar-refractivity contribution in [3.8, 4) is 0 Å². The quantitative estimate of drug-likeness (QED) is 0.852. The fraction of sp³-hybridized carbons (Fsp3) is 0.500. The SMILES string of the molecule is CCCCN1CN(c2ccc(C)c(C)c2)c2nc(C)c(C)c(=O)n2C1. The van der Waals surface area contributed by atoms with Crippen molar-refractivity contribution in [1.82, 2.24) is 14.5 Å². The minimum Gasteiger partial charge on any atom is -0.298 e. The van der Waals surface area contributed by atoms with Gasteiger partial charge in [0, 0.05) is 23.5 Å². The van der Waals surface area contributed by atoms with Crippen LogP contribution in [0.1, 0.15) is 42.1 Å². The number of aromatic nitrogens is 2. The van der Waals surface area contributed by atoms with Gasteiger partial charge in [-0.25, -0.2) is 4.98 Å². The largest absolute Gasteiger partial charge is 0.298 e. The number of aryl methyl sites for hydroxylation is 3. The Labute approximate surface area is 149 Å². The molecule has 5 heteroatoms. The van der Waals surface area contributed by atoms with Crippen molar-refractivity contribution in [2.45, 2.75) is 54.1 Å². The summed E-state index contributed by atoms with van der Waals surface area (Å²) in [7, 11) is 0. The van der Waals surface area contributed by atoms with Gasteiger partial charge in [0.2, 0.25) is 5.95 Å². The van der Waals surface area contributed by atoms with Crippen molar-refractivity contribution in [3.63, 3.8) is 0 Å². The van der Waals surface area contributed by atoms with E-state index in [-0.39, 0.29) is 5.56 Å². The summed E-state index contributed by atoms with van der Waals surface area (Å²) in [5.74, 6) is 0.754. The summed E-state index contributed by atoms with van der Waals surface area (Å²) in [5, 5.41) is 0. The van der Waals surface area contributed by atoms with Gasteiger partial charge in [0.1, 0.15) is 0 Å². The summed E-state index contributed by atoms with van der Waals surface area (Å²) in [6.07, 6.45) is 2.27. The molecule has 0 radical (unpaired) electrons. The molecule has 1 aromatic heterocycles. The first-order valence-electron chi connectivity index (χ1n) is 9.07. The van der Waals surface area contributed by atoms with Gasteiger partial charge in [-0.05, 0) is 57.4 Å². The first-order chi connectivity index (χ1) is 11.9. The molecule has 2 heterocycles. The van der Waals surface area contributed by atoms with Gasteiger partial charge in [-0.2, -0.15) is 0 Å². The van der Waals surface area contributed by atoms with Crippen LogP contribution in [0.15, 0.2) is 23.0 Å². The molecule has 0 saturated carbocycles. The van der Waals surface area contributed by atoms with E-state index in [2.05, 4.69) is 48.8 Å². The molecule has 0 unspecified atom stereocenters. The Morgan fingerprint density at radius 3 is 2.52 bits per heavy atom. The molecule has 0 N–H and O–H groups in total. The lowest BCUT2D eigenvalue weighted by atomic mass is 10.1. The third-order valence-electron chi connectivity index (χ3n) is 5.17. The molecule has 0 spiro atoms. The van der Waals surface area contributed by atoms with E-state index < -0.39 is 0 Å². The Kier molecular flexibility index (Phi) is 4.95. The molecule has 134 valence electrons. The second-order valence-electron chi connectivity index (χ2n) is 7.08. The van der Waals surface area contributed by atoms with E-state index >= 15 is 0 Å². The van der Waals surface area contributed by atoms with Crippen molar-refractivity contribution in [3.05, 3.63) is 50.9 Å². The average Bonchev–Trinajstić information content (AvgIpc) is 2.60. The smallest absolute Gasteiger partial charge is 0.259 e. The second kappa shape index (κ2) is 7.00. The molecular weight excluding hydrogens is 312 g/mol. The zero-order chi connectivity index (χ0) is 18.1. The minimum atomic E-state index is 0.0672. The first-order valence-corrected chi connectivity index (χ1v) is 9.07. The molecule has 0 fully saturated rings. The maximum atomic E-state index is 12.8. The monoisotopic (exact) mass is 340 g/mol. The zero-order valence-corrected chi connectivity index (χ0v) is 16.0. The highest BCUT2D eigenvalue weighted by Gasteiger charge is 2.27. The van der Waals surface area contributed by atoms with Crippen molar-refractivity contribution in [1.29, 1.82) is 0 Å². The van der Waals surface area contributed by atoms with Gasteiger partial charge < -0.3 is 0 Å². The lowest BCUT2D eigenvalue weighted by Crippen LogP contribution is -2.48. The highest BCUT2D eigenvalue weighted by atomic mass is 16.1. The van der Waals surface area contributed by atoms with Gasteiger partial charge in [-0.1, -0.05) is 19.4 Å². The summed E-state index contributed by atoms with van der Waals surface area (Å²) in [5.41, 5.74) is 5.23. The lowest BCUT2D eigenvalue weighted by molar-refractivity contribution is 0.195. The number of hydrogen-bond donors (Lipinski definition) is 0. The van der Waals surface area contributed by atoms with E-state index in [1.54, 1.807) is 0 Å². The maximum absolute atomic E-state index is 12.8. The van der Waals surface area contributed by atoms with Crippen LogP contribution in [0.3, 0.4) is 0 Å². The van der Waals surface area contributed by atoms with E-state index in [9.17, 15) is 4.79 Å². The lowest BCUT2D eigenvalue weighted by Gasteiger charge is -2.38. The Morgan fingerprint density at radius 2 is 1.84 bits per heavy atom. The van der Waals surface area contributed by atoms with E-state index in [0.717, 1.165) is 48.9 Å². The van der Waals surface area contributed by atoms with Crippen molar-refractivity contribution >= 4 is 11.6 Å². The Morgan fingerprint density at radius 1 is 1.08 bits per heavy atom. The molecule has 0 amide bonds. The fourth-order valence-electron chi connectivity index (χ4n) is 3.20. The fourth-order valence-corrected chi connectivity index (χ4v) is 3.20. The molecule has 1 aliphatic heterocycles. The molecule has 25 heavy (non-hydrogen) atoms. The van der Waals surface area contributed by atoms with Crippen LogP contribution < -0.4 is 10.5 Å². The van der Waals surface area contributed by atoms with Gasteiger partial charge in [-0.3, -0.25) is 19.2 Å². The molecule has 0 aliphatic carbocycles. The van der Waals surface area contributed by atoms with Gasteiger partial charge >= 0.3 is 0 Å². The van der Waals surface area contributed by atoms with Crippen LogP contribution in [0.25, 0.3) is 0 Å². The third kappa shape index (κ3) is 3.33. The van der Waals surface area contributed by atoms with Crippen molar-refractivity contribution in [2.24, 2.45) is 0 Å². The number of rotatable bonds is 4. The molecule has 3 rings (SSSR count). The number of anilines is 2.